The van der Waals surface area contributed by atoms with E-state index >= 15 is 0 Å². The Morgan fingerprint density at radius 3 is 2.64 bits per heavy atom. The molecule has 1 aliphatic heterocycles. The van der Waals surface area contributed by atoms with Crippen LogP contribution in [0.4, 0.5) is 5.13 Å². The molecule has 1 amide bonds. The van der Waals surface area contributed by atoms with Crippen LogP contribution in [-0.2, 0) is 20.7 Å². The summed E-state index contributed by atoms with van der Waals surface area (Å²) in [5.74, 6) is 0.515. The van der Waals surface area contributed by atoms with Crippen LogP contribution >= 0.6 is 11.3 Å². The van der Waals surface area contributed by atoms with Gasteiger partial charge < -0.3 is 20.5 Å². The molecule has 2 aromatic rings. The van der Waals surface area contributed by atoms with Crippen molar-refractivity contribution in [2.24, 2.45) is 5.92 Å². The van der Waals surface area contributed by atoms with Gasteiger partial charge in [0.25, 0.3) is 6.47 Å². The molecule has 1 fully saturated rings. The van der Waals surface area contributed by atoms with Crippen LogP contribution in [0.3, 0.4) is 0 Å². The Bertz CT molecular complexity index is 751. The van der Waals surface area contributed by atoms with Crippen LogP contribution in [0.5, 0.6) is 0 Å². The summed E-state index contributed by atoms with van der Waals surface area (Å²) in [6.45, 7) is 5.28. The van der Waals surface area contributed by atoms with E-state index in [0.717, 1.165) is 11.3 Å². The monoisotopic (exact) mass is 405 g/mol. The molecule has 7 nitrogen and oxygen atoms in total. The highest BCUT2D eigenvalue weighted by Crippen LogP contribution is 2.28. The van der Waals surface area contributed by atoms with Crippen LogP contribution in [-0.4, -0.2) is 46.6 Å². The van der Waals surface area contributed by atoms with Crippen LogP contribution in [0.15, 0.2) is 35.7 Å². The van der Waals surface area contributed by atoms with Crippen molar-refractivity contribution in [1.29, 1.82) is 0 Å². The standard InChI is InChI=1S/C19H25N3O2S.CH2O2/c1-13(2)16-10-22(11-17(24-16)14-6-4-3-5-7-14)18(23)9-8-15-12-25-19(20)21-15;2-1-3/h3-7,12-13,16-17H,8-11H2,1-2H3,(H2,20,21);1H,(H,2,3)/t16-,17+;/m1./s1. The average molecular weight is 406 g/mol. The molecule has 3 rings (SSSR count). The minimum Gasteiger partial charge on any atom is -0.483 e. The second kappa shape index (κ2) is 10.8. The third-order valence-electron chi connectivity index (χ3n) is 4.56. The van der Waals surface area contributed by atoms with E-state index in [0.29, 0.717) is 37.0 Å². The number of rotatable bonds is 5. The third-order valence-corrected chi connectivity index (χ3v) is 5.28. The van der Waals surface area contributed by atoms with Gasteiger partial charge in [-0.15, -0.1) is 11.3 Å². The van der Waals surface area contributed by atoms with E-state index in [9.17, 15) is 4.79 Å². The van der Waals surface area contributed by atoms with Gasteiger partial charge in [-0.3, -0.25) is 9.59 Å². The average Bonchev–Trinajstić information content (AvgIpc) is 3.12. The molecule has 2 heterocycles. The minimum atomic E-state index is -0.250. The highest BCUT2D eigenvalue weighted by molar-refractivity contribution is 7.13. The van der Waals surface area contributed by atoms with Crippen LogP contribution in [0, 0.1) is 5.92 Å². The molecule has 1 aromatic carbocycles. The second-order valence-electron chi connectivity index (χ2n) is 6.90. The van der Waals surface area contributed by atoms with Gasteiger partial charge in [0.05, 0.1) is 18.3 Å². The number of aryl methyl sites for hydroxylation is 1. The molecule has 0 unspecified atom stereocenters. The van der Waals surface area contributed by atoms with E-state index in [2.05, 4.69) is 31.0 Å². The molecule has 2 atom stereocenters. The van der Waals surface area contributed by atoms with Gasteiger partial charge in [-0.05, 0) is 17.9 Å². The first-order valence-corrected chi connectivity index (χ1v) is 10.1. The summed E-state index contributed by atoms with van der Waals surface area (Å²) in [5.41, 5.74) is 7.67. The first kappa shape index (κ1) is 21.8. The van der Waals surface area contributed by atoms with Crippen LogP contribution < -0.4 is 5.73 Å². The number of thiazole rings is 1. The number of hydrogen-bond donors (Lipinski definition) is 2. The molecule has 3 N–H and O–H groups in total. The molecule has 8 heteroatoms. The third kappa shape index (κ3) is 6.31. The van der Waals surface area contributed by atoms with E-state index in [1.165, 1.54) is 11.3 Å². The lowest BCUT2D eigenvalue weighted by Crippen LogP contribution is -2.48. The fourth-order valence-electron chi connectivity index (χ4n) is 3.04. The van der Waals surface area contributed by atoms with Crippen molar-refractivity contribution in [3.63, 3.8) is 0 Å². The van der Waals surface area contributed by atoms with Gasteiger partial charge in [0.2, 0.25) is 5.91 Å². The molecule has 0 radical (unpaired) electrons. The van der Waals surface area contributed by atoms with E-state index in [1.54, 1.807) is 0 Å². The minimum absolute atomic E-state index is 0.0535. The van der Waals surface area contributed by atoms with Crippen molar-refractivity contribution in [3.05, 3.63) is 47.0 Å². The van der Waals surface area contributed by atoms with Gasteiger partial charge in [-0.2, -0.15) is 0 Å². The van der Waals surface area contributed by atoms with Gasteiger partial charge in [-0.25, -0.2) is 4.98 Å². The first-order chi connectivity index (χ1) is 13.4. The van der Waals surface area contributed by atoms with Gasteiger partial charge in [0.1, 0.15) is 6.10 Å². The summed E-state index contributed by atoms with van der Waals surface area (Å²) in [6, 6.07) is 10.1. The molecule has 0 aliphatic carbocycles. The normalized spacial score (nSPS) is 19.0. The molecule has 0 bridgehead atoms. The fourth-order valence-corrected chi connectivity index (χ4v) is 3.64. The van der Waals surface area contributed by atoms with E-state index in [1.807, 2.05) is 28.5 Å². The predicted molar refractivity (Wildman–Crippen MR) is 109 cm³/mol. The SMILES string of the molecule is CC(C)[C@H]1CN(C(=O)CCc2csc(N)n2)C[C@@H](c2ccccc2)O1.O=CO. The largest absolute Gasteiger partial charge is 0.483 e. The molecule has 1 aromatic heterocycles. The predicted octanol–water partition coefficient (Wildman–Crippen LogP) is 2.98. The number of nitrogens with two attached hydrogens (primary N) is 1. The van der Waals surface area contributed by atoms with Crippen molar-refractivity contribution in [2.45, 2.75) is 38.9 Å². The summed E-state index contributed by atoms with van der Waals surface area (Å²) >= 11 is 1.42. The molecule has 1 saturated heterocycles. The van der Waals surface area contributed by atoms with Gasteiger partial charge in [-0.1, -0.05) is 44.2 Å². The van der Waals surface area contributed by atoms with Gasteiger partial charge >= 0.3 is 0 Å². The van der Waals surface area contributed by atoms with Crippen LogP contribution in [0.25, 0.3) is 0 Å². The Morgan fingerprint density at radius 2 is 2.07 bits per heavy atom. The Labute approximate surface area is 169 Å². The van der Waals surface area contributed by atoms with Crippen molar-refractivity contribution in [1.82, 2.24) is 9.88 Å². The lowest BCUT2D eigenvalue weighted by atomic mass is 10.0. The van der Waals surface area contributed by atoms with Crippen molar-refractivity contribution >= 4 is 28.8 Å². The highest BCUT2D eigenvalue weighted by Gasteiger charge is 2.32. The number of benzene rings is 1. The molecule has 1 aliphatic rings. The molecule has 152 valence electrons. The fraction of sp³-hybridized carbons (Fsp3) is 0.450. The van der Waals surface area contributed by atoms with E-state index in [-0.39, 0.29) is 24.6 Å². The second-order valence-corrected chi connectivity index (χ2v) is 7.79. The highest BCUT2D eigenvalue weighted by atomic mass is 32.1. The Hall–Kier alpha value is -2.45. The zero-order chi connectivity index (χ0) is 20.5. The molecular weight excluding hydrogens is 378 g/mol. The zero-order valence-electron chi connectivity index (χ0n) is 16.2. The van der Waals surface area contributed by atoms with Crippen LogP contribution in [0.2, 0.25) is 0 Å². The number of ether oxygens (including phenoxy) is 1. The maximum atomic E-state index is 12.7. The molecular formula is C20H27N3O4S. The molecule has 28 heavy (non-hydrogen) atoms. The van der Waals surface area contributed by atoms with E-state index in [4.69, 9.17) is 20.4 Å². The summed E-state index contributed by atoms with van der Waals surface area (Å²) < 4.78 is 6.26. The number of carbonyl (C=O) groups excluding carboxylic acids is 1. The number of hydrogen-bond acceptors (Lipinski definition) is 6. The topological polar surface area (TPSA) is 106 Å². The number of aromatic nitrogens is 1. The number of anilines is 1. The van der Waals surface area contributed by atoms with Gasteiger partial charge in [0, 0.05) is 18.3 Å². The number of nitrogen functional groups attached to an aromatic ring is 1. The smallest absolute Gasteiger partial charge is 0.290 e. The zero-order valence-corrected chi connectivity index (χ0v) is 17.0. The molecule has 0 saturated carbocycles. The summed E-state index contributed by atoms with van der Waals surface area (Å²) in [4.78, 5) is 27.3. The van der Waals surface area contributed by atoms with Crippen LogP contribution in [0.1, 0.15) is 37.6 Å². The van der Waals surface area contributed by atoms with Crippen molar-refractivity contribution in [3.8, 4) is 0 Å². The number of amides is 1. The maximum absolute atomic E-state index is 12.7. The quantitative estimate of drug-likeness (QED) is 0.741. The molecule has 0 spiro atoms. The van der Waals surface area contributed by atoms with Crippen molar-refractivity contribution in [2.75, 3.05) is 18.8 Å². The number of morpholine rings is 1. The lowest BCUT2D eigenvalue weighted by molar-refractivity contribution is -0.150. The summed E-state index contributed by atoms with van der Waals surface area (Å²) in [6.07, 6.45) is 1.07. The maximum Gasteiger partial charge on any atom is 0.290 e. The van der Waals surface area contributed by atoms with Crippen molar-refractivity contribution < 1.29 is 19.4 Å². The Morgan fingerprint density at radius 1 is 1.39 bits per heavy atom. The Balaban J connectivity index is 0.000000878. The first-order valence-electron chi connectivity index (χ1n) is 9.20. The number of nitrogens with zero attached hydrogens (tertiary/aromatic N) is 2. The van der Waals surface area contributed by atoms with E-state index < -0.39 is 0 Å². The summed E-state index contributed by atoms with van der Waals surface area (Å²) in [5, 5.41) is 9.36. The number of carboxylic acid groups (broad SMARTS) is 1. The lowest BCUT2D eigenvalue weighted by Gasteiger charge is -2.40. The van der Waals surface area contributed by atoms with Gasteiger partial charge in [0.15, 0.2) is 5.13 Å². The summed E-state index contributed by atoms with van der Waals surface area (Å²) in [7, 11) is 0. The Kier molecular flexibility index (Phi) is 8.41. The number of carbonyl (C=O) groups is 2.